The van der Waals surface area contributed by atoms with Crippen molar-refractivity contribution in [2.45, 2.75) is 50.7 Å². The number of benzene rings is 1. The number of amides is 2. The summed E-state index contributed by atoms with van der Waals surface area (Å²) in [6.07, 6.45) is 8.46. The third kappa shape index (κ3) is 3.95. The lowest BCUT2D eigenvalue weighted by atomic mass is 10.0. The maximum Gasteiger partial charge on any atom is 0.254 e. The molecule has 0 spiro atoms. The summed E-state index contributed by atoms with van der Waals surface area (Å²) in [6, 6.07) is 6.22. The number of hydrogen-bond acceptors (Lipinski definition) is 6. The van der Waals surface area contributed by atoms with E-state index in [4.69, 9.17) is 16.3 Å². The first-order chi connectivity index (χ1) is 16.5. The molecule has 1 aliphatic carbocycles. The summed E-state index contributed by atoms with van der Waals surface area (Å²) in [5.41, 5.74) is 4.18. The third-order valence-electron chi connectivity index (χ3n) is 7.19. The minimum atomic E-state index is -0.132. The van der Waals surface area contributed by atoms with Crippen molar-refractivity contribution in [2.75, 3.05) is 25.1 Å². The highest BCUT2D eigenvalue weighted by Crippen LogP contribution is 2.36. The first-order valence-corrected chi connectivity index (χ1v) is 12.2. The predicted octanol–water partition coefficient (Wildman–Crippen LogP) is 3.62. The molecule has 1 aromatic carbocycles. The first-order valence-electron chi connectivity index (χ1n) is 11.9. The molecule has 2 aromatic rings. The summed E-state index contributed by atoms with van der Waals surface area (Å²) >= 11 is 6.44. The van der Waals surface area contributed by atoms with Gasteiger partial charge in [0.1, 0.15) is 6.54 Å². The molecule has 1 aromatic heterocycles. The van der Waals surface area contributed by atoms with Gasteiger partial charge < -0.3 is 19.9 Å². The van der Waals surface area contributed by atoms with Crippen LogP contribution >= 0.6 is 11.6 Å². The van der Waals surface area contributed by atoms with E-state index in [2.05, 4.69) is 15.3 Å². The summed E-state index contributed by atoms with van der Waals surface area (Å²) in [4.78, 5) is 38.4. The van der Waals surface area contributed by atoms with E-state index in [9.17, 15) is 9.59 Å². The number of carbonyl (C=O) groups excluding carboxylic acids is 2. The van der Waals surface area contributed by atoms with Crippen LogP contribution in [0.1, 0.15) is 48.0 Å². The van der Waals surface area contributed by atoms with Gasteiger partial charge in [0.25, 0.3) is 5.91 Å². The van der Waals surface area contributed by atoms with E-state index in [1.807, 2.05) is 29.3 Å². The fourth-order valence-corrected chi connectivity index (χ4v) is 5.54. The second kappa shape index (κ2) is 8.67. The molecule has 0 radical (unpaired) electrons. The van der Waals surface area contributed by atoms with Crippen LogP contribution in [-0.4, -0.2) is 63.4 Å². The van der Waals surface area contributed by atoms with E-state index >= 15 is 0 Å². The van der Waals surface area contributed by atoms with Gasteiger partial charge in [-0.3, -0.25) is 9.59 Å². The van der Waals surface area contributed by atoms with E-state index in [0.717, 1.165) is 56.4 Å². The van der Waals surface area contributed by atoms with Crippen LogP contribution in [0.15, 0.2) is 36.2 Å². The number of hydrogen-bond donors (Lipinski definition) is 1. The summed E-state index contributed by atoms with van der Waals surface area (Å²) in [7, 11) is 0. The van der Waals surface area contributed by atoms with Gasteiger partial charge in [-0.25, -0.2) is 9.97 Å². The Morgan fingerprint density at radius 1 is 1.24 bits per heavy atom. The van der Waals surface area contributed by atoms with Gasteiger partial charge in [0.15, 0.2) is 0 Å². The van der Waals surface area contributed by atoms with Crippen LogP contribution in [0.5, 0.6) is 0 Å². The molecule has 1 unspecified atom stereocenters. The monoisotopic (exact) mass is 479 g/mol. The number of halogens is 1. The number of aromatic nitrogens is 2. The van der Waals surface area contributed by atoms with Crippen molar-refractivity contribution in [3.05, 3.63) is 52.3 Å². The van der Waals surface area contributed by atoms with Crippen molar-refractivity contribution in [2.24, 2.45) is 0 Å². The number of ether oxygens (including phenoxy) is 1. The molecule has 4 aliphatic rings. The van der Waals surface area contributed by atoms with E-state index in [-0.39, 0.29) is 30.4 Å². The van der Waals surface area contributed by atoms with Gasteiger partial charge in [-0.15, -0.1) is 0 Å². The van der Waals surface area contributed by atoms with E-state index in [1.165, 1.54) is 5.57 Å². The summed E-state index contributed by atoms with van der Waals surface area (Å²) in [5, 5.41) is 3.79. The Labute approximate surface area is 202 Å². The summed E-state index contributed by atoms with van der Waals surface area (Å²) in [5.74, 6) is 0.371. The maximum atomic E-state index is 13.2. The predicted molar refractivity (Wildman–Crippen MR) is 127 cm³/mol. The van der Waals surface area contributed by atoms with Gasteiger partial charge in [0.05, 0.1) is 16.9 Å². The van der Waals surface area contributed by atoms with Gasteiger partial charge >= 0.3 is 0 Å². The number of carbonyl (C=O) groups is 2. The van der Waals surface area contributed by atoms with E-state index in [0.29, 0.717) is 28.8 Å². The smallest absolute Gasteiger partial charge is 0.254 e. The Balaban J connectivity index is 1.19. The minimum absolute atomic E-state index is 0.0104. The molecule has 34 heavy (non-hydrogen) atoms. The van der Waals surface area contributed by atoms with E-state index in [1.54, 1.807) is 11.1 Å². The average Bonchev–Trinajstić information content (AvgIpc) is 3.56. The number of fused-ring (bicyclic) bond motifs is 3. The highest BCUT2D eigenvalue weighted by atomic mass is 35.5. The molecule has 2 bridgehead atoms. The van der Waals surface area contributed by atoms with Crippen LogP contribution in [0, 0.1) is 0 Å². The molecule has 176 valence electrons. The summed E-state index contributed by atoms with van der Waals surface area (Å²) < 4.78 is 5.41. The van der Waals surface area contributed by atoms with Crippen molar-refractivity contribution in [1.82, 2.24) is 19.8 Å². The number of nitrogens with zero attached hydrogens (tertiary/aromatic N) is 4. The molecule has 2 fully saturated rings. The second-order valence-electron chi connectivity index (χ2n) is 9.44. The Kier molecular flexibility index (Phi) is 5.50. The van der Waals surface area contributed by atoms with Gasteiger partial charge in [-0.1, -0.05) is 29.3 Å². The van der Waals surface area contributed by atoms with Crippen LogP contribution < -0.4 is 5.32 Å². The van der Waals surface area contributed by atoms with Gasteiger partial charge in [0.2, 0.25) is 11.9 Å². The Hall–Kier alpha value is -2.97. The van der Waals surface area contributed by atoms with Crippen LogP contribution in [0.3, 0.4) is 0 Å². The Morgan fingerprint density at radius 3 is 2.85 bits per heavy atom. The zero-order valence-electron chi connectivity index (χ0n) is 18.8. The van der Waals surface area contributed by atoms with Crippen molar-refractivity contribution >= 4 is 29.4 Å². The van der Waals surface area contributed by atoms with E-state index < -0.39 is 0 Å². The fourth-order valence-electron chi connectivity index (χ4n) is 5.34. The minimum Gasteiger partial charge on any atom is -0.381 e. The molecule has 1 saturated heterocycles. The number of rotatable bonds is 5. The molecular weight excluding hydrogens is 454 g/mol. The Bertz CT molecular complexity index is 1190. The number of anilines is 1. The lowest BCUT2D eigenvalue weighted by Crippen LogP contribution is -2.41. The second-order valence-corrected chi connectivity index (χ2v) is 9.85. The van der Waals surface area contributed by atoms with Crippen LogP contribution in [0.2, 0.25) is 5.02 Å². The third-order valence-corrected chi connectivity index (χ3v) is 7.46. The molecule has 1 saturated carbocycles. The normalized spacial score (nSPS) is 21.7. The first kappa shape index (κ1) is 21.6. The molecule has 1 N–H and O–H groups in total. The zero-order chi connectivity index (χ0) is 23.2. The van der Waals surface area contributed by atoms with Crippen molar-refractivity contribution < 1.29 is 14.3 Å². The highest BCUT2D eigenvalue weighted by molar-refractivity contribution is 6.33. The standard InChI is InChI=1S/C25H26ClN5O3/c26-21-11-27-25(28-18-5-7-34-8-6-18)29-23(21)16-2-3-17-13-30(24(33)20(17)10-16)14-22(32)31-12-15-1-4-19(31)9-15/h2-3,10-12,18-19H,1,4-9,13-14H2,(H,27,28,29). The summed E-state index contributed by atoms with van der Waals surface area (Å²) in [6.45, 7) is 1.97. The average molecular weight is 480 g/mol. The van der Waals surface area contributed by atoms with Crippen LogP contribution in [-0.2, 0) is 16.1 Å². The SMILES string of the molecule is O=C1c2cc(-c3nc(NC4CCOCC4)ncc3Cl)ccc2CN1CC(=O)N1C=C2CCC1C2. The Morgan fingerprint density at radius 2 is 2.09 bits per heavy atom. The van der Waals surface area contributed by atoms with Gasteiger partial charge in [-0.05, 0) is 43.7 Å². The largest absolute Gasteiger partial charge is 0.381 e. The molecule has 2 amide bonds. The highest BCUT2D eigenvalue weighted by Gasteiger charge is 2.36. The molecule has 1 atom stereocenters. The fraction of sp³-hybridized carbons (Fsp3) is 0.440. The quantitative estimate of drug-likeness (QED) is 0.704. The maximum absolute atomic E-state index is 13.2. The lowest BCUT2D eigenvalue weighted by molar-refractivity contribution is -0.130. The van der Waals surface area contributed by atoms with Crippen molar-refractivity contribution in [3.63, 3.8) is 0 Å². The molecule has 9 heteroatoms. The zero-order valence-corrected chi connectivity index (χ0v) is 19.6. The molecule has 4 heterocycles. The molecule has 6 rings (SSSR count). The topological polar surface area (TPSA) is 87.7 Å². The van der Waals surface area contributed by atoms with Crippen molar-refractivity contribution in [3.8, 4) is 11.3 Å². The van der Waals surface area contributed by atoms with Crippen molar-refractivity contribution in [1.29, 1.82) is 0 Å². The molecule has 8 nitrogen and oxygen atoms in total. The number of nitrogens with one attached hydrogen (secondary N) is 1. The van der Waals surface area contributed by atoms with Gasteiger partial charge in [0, 0.05) is 49.2 Å². The molecule has 3 aliphatic heterocycles. The molecular formula is C25H26ClN5O3. The van der Waals surface area contributed by atoms with Crippen LogP contribution in [0.25, 0.3) is 11.3 Å². The van der Waals surface area contributed by atoms with Gasteiger partial charge in [-0.2, -0.15) is 0 Å². The van der Waals surface area contributed by atoms with Crippen LogP contribution in [0.4, 0.5) is 5.95 Å². The lowest BCUT2D eigenvalue weighted by Gasteiger charge is -2.25.